The fraction of sp³-hybridized carbons (Fsp3) is 0.429. The number of aromatic carboxylic acids is 1. The number of aliphatic hydroxyl groups excluding tert-OH is 1. The molecule has 2 heterocycles. The van der Waals surface area contributed by atoms with Gasteiger partial charge in [-0.25, -0.2) is 4.79 Å². The molecule has 1 aliphatic heterocycles. The van der Waals surface area contributed by atoms with Crippen LogP contribution in [0.25, 0.3) is 10.9 Å². The molecular formula is C28H34ClN3O5. The monoisotopic (exact) mass is 527 g/mol. The van der Waals surface area contributed by atoms with Gasteiger partial charge in [-0.15, -0.1) is 12.4 Å². The highest BCUT2D eigenvalue weighted by Gasteiger charge is 2.50. The highest BCUT2D eigenvalue weighted by atomic mass is 35.5. The summed E-state index contributed by atoms with van der Waals surface area (Å²) in [6, 6.07) is 10.9. The van der Waals surface area contributed by atoms with E-state index in [-0.39, 0.29) is 36.0 Å². The van der Waals surface area contributed by atoms with Crippen molar-refractivity contribution < 1.29 is 24.5 Å². The van der Waals surface area contributed by atoms with E-state index in [0.29, 0.717) is 24.2 Å². The van der Waals surface area contributed by atoms with Crippen LogP contribution in [0.15, 0.2) is 42.6 Å². The third-order valence-electron chi connectivity index (χ3n) is 7.56. The lowest BCUT2D eigenvalue weighted by atomic mass is 9.79. The number of aromatic amines is 1. The van der Waals surface area contributed by atoms with E-state index in [0.717, 1.165) is 47.9 Å². The Kier molecular flexibility index (Phi) is 7.55. The van der Waals surface area contributed by atoms with E-state index in [1.807, 2.05) is 44.3 Å². The number of amides is 1. The Labute approximate surface area is 222 Å². The van der Waals surface area contributed by atoms with Crippen molar-refractivity contribution >= 4 is 40.9 Å². The van der Waals surface area contributed by atoms with Gasteiger partial charge in [-0.2, -0.15) is 0 Å². The van der Waals surface area contributed by atoms with E-state index in [1.54, 1.807) is 12.1 Å². The van der Waals surface area contributed by atoms with Crippen LogP contribution >= 0.6 is 12.4 Å². The number of carboxylic acids is 1. The van der Waals surface area contributed by atoms with Crippen LogP contribution in [0.3, 0.4) is 0 Å². The number of β-amino-alcohol motifs (C(OH)–C–C–N with tert-alkyl or cyclic N) is 1. The number of halogens is 1. The molecule has 0 radical (unpaired) electrons. The molecule has 1 saturated carbocycles. The summed E-state index contributed by atoms with van der Waals surface area (Å²) in [5.74, 6) is -0.237. The highest BCUT2D eigenvalue weighted by Crippen LogP contribution is 2.52. The summed E-state index contributed by atoms with van der Waals surface area (Å²) >= 11 is 0. The Balaban J connectivity index is 0.00000320. The Hall–Kier alpha value is -3.07. The molecule has 1 amide bonds. The molecule has 1 atom stereocenters. The Bertz CT molecular complexity index is 1310. The molecule has 1 aliphatic carbocycles. The first-order chi connectivity index (χ1) is 17.2. The van der Waals surface area contributed by atoms with Gasteiger partial charge in [0.2, 0.25) is 5.91 Å². The molecule has 2 aromatic carbocycles. The summed E-state index contributed by atoms with van der Waals surface area (Å²) in [6.45, 7) is 4.53. The summed E-state index contributed by atoms with van der Waals surface area (Å²) < 4.78 is 6.07. The maximum Gasteiger partial charge on any atom is 0.337 e. The number of carbonyl (C=O) groups excluding carboxylic acids is 1. The molecule has 37 heavy (non-hydrogen) atoms. The van der Waals surface area contributed by atoms with Gasteiger partial charge in [0, 0.05) is 34.9 Å². The minimum atomic E-state index is -0.961. The van der Waals surface area contributed by atoms with Crippen LogP contribution in [0.2, 0.25) is 0 Å². The summed E-state index contributed by atoms with van der Waals surface area (Å²) in [5, 5.41) is 27.4. The number of para-hydroxylation sites is 1. The molecular weight excluding hydrogens is 494 g/mol. The van der Waals surface area contributed by atoms with Crippen LogP contribution in [-0.2, 0) is 16.6 Å². The first-order valence-corrected chi connectivity index (χ1v) is 12.5. The molecule has 2 aliphatic rings. The molecule has 0 saturated heterocycles. The molecule has 9 heteroatoms. The molecule has 0 unspecified atom stereocenters. The van der Waals surface area contributed by atoms with E-state index in [1.165, 1.54) is 0 Å². The number of ether oxygens (including phenoxy) is 1. The summed E-state index contributed by atoms with van der Waals surface area (Å²) in [7, 11) is 0. The lowest BCUT2D eigenvalue weighted by Crippen LogP contribution is -2.46. The lowest BCUT2D eigenvalue weighted by Gasteiger charge is -2.28. The van der Waals surface area contributed by atoms with Crippen molar-refractivity contribution in [2.24, 2.45) is 0 Å². The summed E-state index contributed by atoms with van der Waals surface area (Å²) in [4.78, 5) is 27.4. The number of carboxylic acid groups (broad SMARTS) is 1. The number of H-pyrrole nitrogens is 1. The number of benzene rings is 2. The summed E-state index contributed by atoms with van der Waals surface area (Å²) in [6.07, 6.45) is 5.45. The van der Waals surface area contributed by atoms with Gasteiger partial charge in [0.25, 0.3) is 0 Å². The number of rotatable bonds is 9. The van der Waals surface area contributed by atoms with Gasteiger partial charge in [-0.1, -0.05) is 31.0 Å². The Morgan fingerprint density at radius 3 is 2.65 bits per heavy atom. The second-order valence-corrected chi connectivity index (χ2v) is 10.7. The standard InChI is InChI=1S/C28H33N3O5.ClH/c1-27(2,13-17-14-29-24-19(17)7-5-8-20(24)25(33)34)30-15-18(32)16-36-22-10-6-9-21-23(22)28(26(35)31-21)11-3-4-12-28;/h5-10,14,18,29-30,32H,3-4,11-13,15-16H2,1-2H3,(H,31,35)(H,33,34);1H/t18-;/m0./s1. The van der Waals surface area contributed by atoms with Gasteiger partial charge >= 0.3 is 5.97 Å². The molecule has 0 bridgehead atoms. The topological polar surface area (TPSA) is 124 Å². The van der Waals surface area contributed by atoms with Crippen molar-refractivity contribution in [2.45, 2.75) is 63.0 Å². The number of anilines is 1. The first kappa shape index (κ1) is 27.0. The average molecular weight is 528 g/mol. The fourth-order valence-electron chi connectivity index (χ4n) is 5.77. The van der Waals surface area contributed by atoms with Crippen molar-refractivity contribution in [1.29, 1.82) is 0 Å². The minimum absolute atomic E-state index is 0. The van der Waals surface area contributed by atoms with Crippen molar-refractivity contribution in [3.8, 4) is 5.75 Å². The van der Waals surface area contributed by atoms with Crippen molar-refractivity contribution in [3.63, 3.8) is 0 Å². The van der Waals surface area contributed by atoms with E-state index in [9.17, 15) is 19.8 Å². The third-order valence-corrected chi connectivity index (χ3v) is 7.56. The van der Waals surface area contributed by atoms with Gasteiger partial charge in [0.05, 0.1) is 16.5 Å². The summed E-state index contributed by atoms with van der Waals surface area (Å²) in [5.41, 5.74) is 2.78. The molecule has 5 rings (SSSR count). The van der Waals surface area contributed by atoms with Crippen LogP contribution in [0.1, 0.15) is 61.0 Å². The fourth-order valence-corrected chi connectivity index (χ4v) is 5.77. The Morgan fingerprint density at radius 2 is 1.92 bits per heavy atom. The normalized spacial score (nSPS) is 16.9. The number of fused-ring (bicyclic) bond motifs is 3. The van der Waals surface area contributed by atoms with Gasteiger partial charge in [0.1, 0.15) is 18.5 Å². The second-order valence-electron chi connectivity index (χ2n) is 10.7. The maximum absolute atomic E-state index is 12.8. The molecule has 3 aromatic rings. The predicted molar refractivity (Wildman–Crippen MR) is 145 cm³/mol. The zero-order valence-electron chi connectivity index (χ0n) is 21.1. The van der Waals surface area contributed by atoms with Gasteiger partial charge in [-0.05, 0) is 56.9 Å². The van der Waals surface area contributed by atoms with Crippen LogP contribution in [0, 0.1) is 0 Å². The van der Waals surface area contributed by atoms with E-state index >= 15 is 0 Å². The van der Waals surface area contributed by atoms with E-state index in [2.05, 4.69) is 15.6 Å². The molecule has 1 aromatic heterocycles. The van der Waals surface area contributed by atoms with Crippen molar-refractivity contribution in [1.82, 2.24) is 10.3 Å². The number of aliphatic hydroxyl groups is 1. The van der Waals surface area contributed by atoms with Gasteiger partial charge in [0.15, 0.2) is 0 Å². The highest BCUT2D eigenvalue weighted by molar-refractivity contribution is 6.07. The van der Waals surface area contributed by atoms with Crippen molar-refractivity contribution in [3.05, 3.63) is 59.3 Å². The maximum atomic E-state index is 12.8. The number of nitrogens with one attached hydrogen (secondary N) is 3. The number of hydrogen-bond donors (Lipinski definition) is 5. The molecule has 198 valence electrons. The smallest absolute Gasteiger partial charge is 0.337 e. The minimum Gasteiger partial charge on any atom is -0.490 e. The number of aromatic nitrogens is 1. The zero-order valence-corrected chi connectivity index (χ0v) is 21.9. The van der Waals surface area contributed by atoms with Crippen LogP contribution < -0.4 is 15.4 Å². The van der Waals surface area contributed by atoms with Crippen LogP contribution in [-0.4, -0.2) is 51.9 Å². The van der Waals surface area contributed by atoms with Crippen LogP contribution in [0.4, 0.5) is 5.69 Å². The van der Waals surface area contributed by atoms with Crippen molar-refractivity contribution in [2.75, 3.05) is 18.5 Å². The third kappa shape index (κ3) is 5.06. The molecule has 1 fully saturated rings. The van der Waals surface area contributed by atoms with Gasteiger partial charge in [-0.3, -0.25) is 4.79 Å². The molecule has 1 spiro atoms. The second kappa shape index (κ2) is 10.4. The molecule has 5 N–H and O–H groups in total. The zero-order chi connectivity index (χ0) is 25.5. The van der Waals surface area contributed by atoms with Crippen LogP contribution in [0.5, 0.6) is 5.75 Å². The first-order valence-electron chi connectivity index (χ1n) is 12.5. The SMILES string of the molecule is CC(C)(Cc1c[nH]c2c(C(=O)O)cccc12)NC[C@H](O)COc1cccc2c1C1(CCCC1)C(=O)N2.Cl. The number of carbonyl (C=O) groups is 2. The quantitative estimate of drug-likeness (QED) is 0.281. The average Bonchev–Trinajstić information content (AvgIpc) is 3.56. The predicted octanol–water partition coefficient (Wildman–Crippen LogP) is 4.40. The molecule has 8 nitrogen and oxygen atoms in total. The van der Waals surface area contributed by atoms with Gasteiger partial charge < -0.3 is 30.6 Å². The van der Waals surface area contributed by atoms with E-state index in [4.69, 9.17) is 4.74 Å². The Morgan fingerprint density at radius 1 is 1.19 bits per heavy atom. The number of hydrogen-bond acceptors (Lipinski definition) is 5. The lowest BCUT2D eigenvalue weighted by molar-refractivity contribution is -0.120. The van der Waals surface area contributed by atoms with E-state index < -0.39 is 17.5 Å². The largest absolute Gasteiger partial charge is 0.490 e.